The molecule has 6 nitrogen and oxygen atoms in total. The van der Waals surface area contributed by atoms with Crippen LogP contribution in [0.2, 0.25) is 10.0 Å². The van der Waals surface area contributed by atoms with E-state index in [1.165, 1.54) is 14.2 Å². The van der Waals surface area contributed by atoms with Crippen molar-refractivity contribution in [3.8, 4) is 22.8 Å². The Hall–Kier alpha value is -2.70. The molecule has 1 aromatic carbocycles. The number of anilines is 1. The van der Waals surface area contributed by atoms with Crippen LogP contribution in [0.3, 0.4) is 0 Å². The molecule has 0 atom stereocenters. The molecule has 0 saturated heterocycles. The SMILES string of the molecule is COc1cc(OC)c(Cl)c(-c2ccc3c(N4C=CC=CC4)n[nH]c3n2)c1Cl. The van der Waals surface area contributed by atoms with Crippen LogP contribution >= 0.6 is 23.2 Å². The van der Waals surface area contributed by atoms with Crippen molar-refractivity contribution in [2.24, 2.45) is 0 Å². The lowest BCUT2D eigenvalue weighted by Crippen LogP contribution is -2.17. The van der Waals surface area contributed by atoms with Gasteiger partial charge in [0.1, 0.15) is 11.5 Å². The predicted octanol–water partition coefficient (Wildman–Crippen LogP) is 4.84. The van der Waals surface area contributed by atoms with Crippen molar-refractivity contribution in [1.29, 1.82) is 0 Å². The fourth-order valence-electron chi connectivity index (χ4n) is 2.98. The van der Waals surface area contributed by atoms with Gasteiger partial charge in [-0.2, -0.15) is 5.10 Å². The first-order valence-corrected chi connectivity index (χ1v) is 8.95. The second kappa shape index (κ2) is 7.13. The number of hydrogen-bond donors (Lipinski definition) is 1. The molecule has 0 unspecified atom stereocenters. The number of aromatic nitrogens is 3. The van der Waals surface area contributed by atoms with Crippen LogP contribution in [0.5, 0.6) is 11.5 Å². The molecule has 2 aromatic heterocycles. The summed E-state index contributed by atoms with van der Waals surface area (Å²) in [5.41, 5.74) is 1.78. The number of pyridine rings is 1. The molecule has 8 heteroatoms. The van der Waals surface area contributed by atoms with E-state index in [2.05, 4.69) is 21.3 Å². The lowest BCUT2D eigenvalue weighted by Gasteiger charge is -2.17. The van der Waals surface area contributed by atoms with Crippen molar-refractivity contribution in [2.75, 3.05) is 25.7 Å². The predicted molar refractivity (Wildman–Crippen MR) is 108 cm³/mol. The molecule has 1 N–H and O–H groups in total. The van der Waals surface area contributed by atoms with Gasteiger partial charge in [0.2, 0.25) is 0 Å². The number of nitrogens with zero attached hydrogens (tertiary/aromatic N) is 3. The maximum absolute atomic E-state index is 6.50. The third kappa shape index (κ3) is 3.01. The molecule has 138 valence electrons. The van der Waals surface area contributed by atoms with Gasteiger partial charge in [-0.1, -0.05) is 35.4 Å². The Morgan fingerprint density at radius 3 is 2.44 bits per heavy atom. The maximum Gasteiger partial charge on any atom is 0.164 e. The maximum atomic E-state index is 6.50. The molecule has 0 aliphatic carbocycles. The molecular formula is C19H16Cl2N4O2. The standard InChI is InChI=1S/C19H16Cl2N4O2/c1-26-13-10-14(27-2)17(21)15(16(13)20)12-7-6-11-18(22-12)23-24-19(11)25-8-4-3-5-9-25/h3-8,10H,9H2,1-2H3,(H,22,23,24). The van der Waals surface area contributed by atoms with Gasteiger partial charge in [0.15, 0.2) is 11.5 Å². The number of H-pyrrole nitrogens is 1. The van der Waals surface area contributed by atoms with Crippen LogP contribution in [0.1, 0.15) is 0 Å². The number of fused-ring (bicyclic) bond motifs is 1. The normalized spacial score (nSPS) is 13.4. The summed E-state index contributed by atoms with van der Waals surface area (Å²) in [7, 11) is 3.08. The molecule has 0 amide bonds. The minimum atomic E-state index is 0.374. The van der Waals surface area contributed by atoms with E-state index in [0.717, 1.165) is 17.7 Å². The Bertz CT molecular complexity index is 1050. The van der Waals surface area contributed by atoms with E-state index in [9.17, 15) is 0 Å². The van der Waals surface area contributed by atoms with Crippen molar-refractivity contribution >= 4 is 40.1 Å². The summed E-state index contributed by atoms with van der Waals surface area (Å²) in [5.74, 6) is 1.74. The van der Waals surface area contributed by atoms with Crippen LogP contribution in [0.4, 0.5) is 5.82 Å². The van der Waals surface area contributed by atoms with Crippen molar-refractivity contribution < 1.29 is 9.47 Å². The first-order chi connectivity index (χ1) is 13.1. The zero-order chi connectivity index (χ0) is 19.0. The van der Waals surface area contributed by atoms with Gasteiger partial charge in [-0.25, -0.2) is 4.98 Å². The monoisotopic (exact) mass is 402 g/mol. The Labute approximate surface area is 166 Å². The minimum absolute atomic E-state index is 0.374. The first-order valence-electron chi connectivity index (χ1n) is 8.19. The van der Waals surface area contributed by atoms with Gasteiger partial charge in [0.05, 0.1) is 35.3 Å². The lowest BCUT2D eigenvalue weighted by atomic mass is 10.1. The Morgan fingerprint density at radius 2 is 1.81 bits per heavy atom. The highest BCUT2D eigenvalue weighted by Crippen LogP contribution is 2.45. The van der Waals surface area contributed by atoms with Crippen LogP contribution in [0.15, 0.2) is 42.6 Å². The van der Waals surface area contributed by atoms with Gasteiger partial charge >= 0.3 is 0 Å². The molecule has 1 aliphatic heterocycles. The largest absolute Gasteiger partial charge is 0.495 e. The minimum Gasteiger partial charge on any atom is -0.495 e. The van der Waals surface area contributed by atoms with Crippen molar-refractivity contribution in [3.05, 3.63) is 52.7 Å². The van der Waals surface area contributed by atoms with E-state index >= 15 is 0 Å². The molecule has 0 saturated carbocycles. The van der Waals surface area contributed by atoms with Gasteiger partial charge in [-0.3, -0.25) is 5.10 Å². The number of hydrogen-bond acceptors (Lipinski definition) is 5. The lowest BCUT2D eigenvalue weighted by molar-refractivity contribution is 0.395. The summed E-state index contributed by atoms with van der Waals surface area (Å²) in [5, 5.41) is 9.04. The van der Waals surface area contributed by atoms with Crippen molar-refractivity contribution in [2.45, 2.75) is 0 Å². The number of benzene rings is 1. The molecule has 0 radical (unpaired) electrons. The highest BCUT2D eigenvalue weighted by atomic mass is 35.5. The molecule has 3 aromatic rings. The summed E-state index contributed by atoms with van der Waals surface area (Å²) in [6, 6.07) is 5.45. The van der Waals surface area contributed by atoms with E-state index in [0.29, 0.717) is 38.4 Å². The Balaban J connectivity index is 1.84. The second-order valence-electron chi connectivity index (χ2n) is 5.85. The summed E-state index contributed by atoms with van der Waals surface area (Å²) < 4.78 is 10.7. The number of nitrogens with one attached hydrogen (secondary N) is 1. The molecule has 0 bridgehead atoms. The zero-order valence-electron chi connectivity index (χ0n) is 14.7. The average molecular weight is 403 g/mol. The summed E-state index contributed by atoms with van der Waals surface area (Å²) in [6.07, 6.45) is 8.00. The fourth-order valence-corrected chi connectivity index (χ4v) is 3.68. The zero-order valence-corrected chi connectivity index (χ0v) is 16.2. The van der Waals surface area contributed by atoms with Crippen molar-refractivity contribution in [3.63, 3.8) is 0 Å². The summed E-state index contributed by atoms with van der Waals surface area (Å²) in [4.78, 5) is 6.70. The molecule has 3 heterocycles. The van der Waals surface area contributed by atoms with Crippen LogP contribution in [0, 0.1) is 0 Å². The van der Waals surface area contributed by atoms with Gasteiger partial charge in [-0.05, 0) is 18.2 Å². The van der Waals surface area contributed by atoms with E-state index in [1.54, 1.807) is 6.07 Å². The van der Waals surface area contributed by atoms with Gasteiger partial charge in [-0.15, -0.1) is 0 Å². The van der Waals surface area contributed by atoms with Gasteiger partial charge in [0.25, 0.3) is 0 Å². The third-order valence-electron chi connectivity index (χ3n) is 4.32. The van der Waals surface area contributed by atoms with Crippen LogP contribution < -0.4 is 14.4 Å². The van der Waals surface area contributed by atoms with Crippen molar-refractivity contribution in [1.82, 2.24) is 15.2 Å². The Kier molecular flexibility index (Phi) is 4.68. The highest BCUT2D eigenvalue weighted by molar-refractivity contribution is 6.41. The van der Waals surface area contributed by atoms with E-state index in [4.69, 9.17) is 32.7 Å². The number of aromatic amines is 1. The van der Waals surface area contributed by atoms with Gasteiger partial charge < -0.3 is 14.4 Å². The van der Waals surface area contributed by atoms with Crippen LogP contribution in [-0.4, -0.2) is 35.9 Å². The van der Waals surface area contributed by atoms with E-state index in [1.807, 2.05) is 35.4 Å². The van der Waals surface area contributed by atoms with Crippen LogP contribution in [0.25, 0.3) is 22.3 Å². The third-order valence-corrected chi connectivity index (χ3v) is 5.07. The quantitative estimate of drug-likeness (QED) is 0.676. The molecule has 4 rings (SSSR count). The average Bonchev–Trinajstić information content (AvgIpc) is 3.12. The van der Waals surface area contributed by atoms with Gasteiger partial charge in [0, 0.05) is 24.4 Å². The number of rotatable bonds is 4. The summed E-state index contributed by atoms with van der Waals surface area (Å²) in [6.45, 7) is 0.753. The van der Waals surface area contributed by atoms with Crippen LogP contribution in [-0.2, 0) is 0 Å². The number of halogens is 2. The molecular weight excluding hydrogens is 387 g/mol. The fraction of sp³-hybridized carbons (Fsp3) is 0.158. The smallest absolute Gasteiger partial charge is 0.164 e. The molecule has 1 aliphatic rings. The molecule has 0 fully saturated rings. The molecule has 0 spiro atoms. The number of allylic oxidation sites excluding steroid dienone is 2. The number of ether oxygens (including phenoxy) is 2. The second-order valence-corrected chi connectivity index (χ2v) is 6.60. The summed E-state index contributed by atoms with van der Waals surface area (Å²) >= 11 is 13.0. The topological polar surface area (TPSA) is 63.3 Å². The Morgan fingerprint density at radius 1 is 1.07 bits per heavy atom. The number of methoxy groups -OCH3 is 2. The first kappa shape index (κ1) is 17.7. The van der Waals surface area contributed by atoms with E-state index in [-0.39, 0.29) is 0 Å². The highest BCUT2D eigenvalue weighted by Gasteiger charge is 2.21. The van der Waals surface area contributed by atoms with E-state index < -0.39 is 0 Å². The molecule has 27 heavy (non-hydrogen) atoms.